The van der Waals surface area contributed by atoms with Crippen LogP contribution in [0.2, 0.25) is 0 Å². The third-order valence-electron chi connectivity index (χ3n) is 4.32. The van der Waals surface area contributed by atoms with Gasteiger partial charge in [-0.2, -0.15) is 0 Å². The van der Waals surface area contributed by atoms with Crippen LogP contribution in [0.3, 0.4) is 0 Å². The topological polar surface area (TPSA) is 40.2 Å². The molecule has 4 rings (SSSR count). The highest BCUT2D eigenvalue weighted by Crippen LogP contribution is 2.23. The summed E-state index contributed by atoms with van der Waals surface area (Å²) in [5.41, 5.74) is 10.2. The normalized spacial score (nSPS) is 10.9. The van der Waals surface area contributed by atoms with Crippen LogP contribution in [0, 0.1) is 0 Å². The number of anilines is 1. The molecule has 0 bridgehead atoms. The quantitative estimate of drug-likeness (QED) is 0.532. The summed E-state index contributed by atoms with van der Waals surface area (Å²) in [5.74, 6) is 0.890. The standard InChI is InChI=1S/C22H20N2O/c23-20-8-6-17(7-9-20)15-24-13-12-19-14-21(10-11-22(19)24)25-16-18-4-2-1-3-5-18/h1-14H,15-16,23H2. The second-order valence-electron chi connectivity index (χ2n) is 6.18. The van der Waals surface area contributed by atoms with Crippen molar-refractivity contribution in [1.82, 2.24) is 4.57 Å². The number of hydrogen-bond acceptors (Lipinski definition) is 2. The summed E-state index contributed by atoms with van der Waals surface area (Å²) in [6, 6.07) is 26.6. The first-order chi connectivity index (χ1) is 12.3. The summed E-state index contributed by atoms with van der Waals surface area (Å²) in [5, 5.41) is 1.18. The molecule has 0 fully saturated rings. The number of hydrogen-bond donors (Lipinski definition) is 1. The van der Waals surface area contributed by atoms with Crippen molar-refractivity contribution in [2.75, 3.05) is 5.73 Å². The smallest absolute Gasteiger partial charge is 0.120 e. The number of rotatable bonds is 5. The average molecular weight is 328 g/mol. The first-order valence-corrected chi connectivity index (χ1v) is 8.38. The lowest BCUT2D eigenvalue weighted by Crippen LogP contribution is -1.98. The number of benzene rings is 3. The minimum absolute atomic E-state index is 0.582. The van der Waals surface area contributed by atoms with Crippen molar-refractivity contribution in [3.05, 3.63) is 96.2 Å². The zero-order chi connectivity index (χ0) is 17.1. The van der Waals surface area contributed by atoms with Gasteiger partial charge < -0.3 is 15.0 Å². The molecule has 25 heavy (non-hydrogen) atoms. The number of aromatic nitrogens is 1. The van der Waals surface area contributed by atoms with Gasteiger partial charge in [-0.15, -0.1) is 0 Å². The van der Waals surface area contributed by atoms with E-state index in [0.717, 1.165) is 18.0 Å². The zero-order valence-electron chi connectivity index (χ0n) is 13.9. The monoisotopic (exact) mass is 328 g/mol. The van der Waals surface area contributed by atoms with Crippen LogP contribution >= 0.6 is 0 Å². The number of fused-ring (bicyclic) bond motifs is 1. The highest BCUT2D eigenvalue weighted by atomic mass is 16.5. The third kappa shape index (κ3) is 3.50. The highest BCUT2D eigenvalue weighted by molar-refractivity contribution is 5.81. The molecule has 3 heteroatoms. The van der Waals surface area contributed by atoms with E-state index >= 15 is 0 Å². The maximum absolute atomic E-state index is 5.92. The Kier molecular flexibility index (Phi) is 4.13. The highest BCUT2D eigenvalue weighted by Gasteiger charge is 2.04. The van der Waals surface area contributed by atoms with Gasteiger partial charge in [-0.3, -0.25) is 0 Å². The summed E-state index contributed by atoms with van der Waals surface area (Å²) in [7, 11) is 0. The predicted octanol–water partition coefficient (Wildman–Crippen LogP) is 4.85. The Hall–Kier alpha value is -3.20. The average Bonchev–Trinajstić information content (AvgIpc) is 3.05. The first-order valence-electron chi connectivity index (χ1n) is 8.38. The van der Waals surface area contributed by atoms with Gasteiger partial charge >= 0.3 is 0 Å². The van der Waals surface area contributed by atoms with E-state index in [0.29, 0.717) is 6.61 Å². The van der Waals surface area contributed by atoms with Crippen LogP contribution in [-0.2, 0) is 13.2 Å². The van der Waals surface area contributed by atoms with E-state index in [1.165, 1.54) is 22.0 Å². The van der Waals surface area contributed by atoms with Gasteiger partial charge in [0.25, 0.3) is 0 Å². The van der Waals surface area contributed by atoms with Gasteiger partial charge in [-0.25, -0.2) is 0 Å². The Morgan fingerprint density at radius 2 is 1.60 bits per heavy atom. The van der Waals surface area contributed by atoms with E-state index in [1.807, 2.05) is 36.4 Å². The van der Waals surface area contributed by atoms with E-state index in [2.05, 4.69) is 53.2 Å². The number of ether oxygens (including phenoxy) is 1. The van der Waals surface area contributed by atoms with E-state index in [-0.39, 0.29) is 0 Å². The molecule has 0 aliphatic carbocycles. The molecule has 0 unspecified atom stereocenters. The summed E-state index contributed by atoms with van der Waals surface area (Å²) in [6.07, 6.45) is 2.11. The van der Waals surface area contributed by atoms with Gasteiger partial charge in [0.15, 0.2) is 0 Å². The third-order valence-corrected chi connectivity index (χ3v) is 4.32. The van der Waals surface area contributed by atoms with Crippen LogP contribution < -0.4 is 10.5 Å². The van der Waals surface area contributed by atoms with Gasteiger partial charge in [0.2, 0.25) is 0 Å². The van der Waals surface area contributed by atoms with Crippen molar-refractivity contribution in [1.29, 1.82) is 0 Å². The predicted molar refractivity (Wildman–Crippen MR) is 103 cm³/mol. The maximum atomic E-state index is 5.92. The molecule has 1 aromatic heterocycles. The Morgan fingerprint density at radius 1 is 0.800 bits per heavy atom. The fraction of sp³-hybridized carbons (Fsp3) is 0.0909. The number of nitrogen functional groups attached to an aromatic ring is 1. The Morgan fingerprint density at radius 3 is 2.40 bits per heavy atom. The van der Waals surface area contributed by atoms with Crippen molar-refractivity contribution in [3.63, 3.8) is 0 Å². The van der Waals surface area contributed by atoms with Crippen LogP contribution in [0.5, 0.6) is 5.75 Å². The second-order valence-corrected chi connectivity index (χ2v) is 6.18. The van der Waals surface area contributed by atoms with Crippen LogP contribution in [0.15, 0.2) is 85.1 Å². The van der Waals surface area contributed by atoms with E-state index < -0.39 is 0 Å². The maximum Gasteiger partial charge on any atom is 0.120 e. The molecule has 0 saturated heterocycles. The molecule has 0 saturated carbocycles. The fourth-order valence-corrected chi connectivity index (χ4v) is 2.97. The van der Waals surface area contributed by atoms with Crippen LogP contribution in [0.1, 0.15) is 11.1 Å². The van der Waals surface area contributed by atoms with Crippen molar-refractivity contribution >= 4 is 16.6 Å². The molecule has 0 atom stereocenters. The minimum Gasteiger partial charge on any atom is -0.489 e. The van der Waals surface area contributed by atoms with Gasteiger partial charge in [-0.1, -0.05) is 42.5 Å². The second kappa shape index (κ2) is 6.73. The molecular weight excluding hydrogens is 308 g/mol. The lowest BCUT2D eigenvalue weighted by molar-refractivity contribution is 0.306. The summed E-state index contributed by atoms with van der Waals surface area (Å²) in [4.78, 5) is 0. The summed E-state index contributed by atoms with van der Waals surface area (Å²) >= 11 is 0. The fourth-order valence-electron chi connectivity index (χ4n) is 2.97. The summed E-state index contributed by atoms with van der Waals surface area (Å²) < 4.78 is 8.16. The van der Waals surface area contributed by atoms with Gasteiger partial charge in [0.1, 0.15) is 12.4 Å². The van der Waals surface area contributed by atoms with Crippen molar-refractivity contribution < 1.29 is 4.74 Å². The molecule has 0 amide bonds. The molecule has 2 N–H and O–H groups in total. The number of nitrogens with two attached hydrogens (primary N) is 1. The molecule has 3 aromatic carbocycles. The first kappa shape index (κ1) is 15.3. The molecular formula is C22H20N2O. The zero-order valence-corrected chi connectivity index (χ0v) is 13.9. The molecule has 124 valence electrons. The SMILES string of the molecule is Nc1ccc(Cn2ccc3cc(OCc4ccccc4)ccc32)cc1. The Labute approximate surface area is 147 Å². The van der Waals surface area contributed by atoms with Crippen molar-refractivity contribution in [2.24, 2.45) is 0 Å². The Balaban J connectivity index is 1.51. The molecule has 1 heterocycles. The van der Waals surface area contributed by atoms with Crippen molar-refractivity contribution in [2.45, 2.75) is 13.2 Å². The van der Waals surface area contributed by atoms with Gasteiger partial charge in [0.05, 0.1) is 0 Å². The van der Waals surface area contributed by atoms with Gasteiger partial charge in [-0.05, 0) is 47.5 Å². The molecule has 0 radical (unpaired) electrons. The van der Waals surface area contributed by atoms with E-state index in [1.54, 1.807) is 0 Å². The van der Waals surface area contributed by atoms with E-state index in [9.17, 15) is 0 Å². The molecule has 4 aromatic rings. The lowest BCUT2D eigenvalue weighted by atomic mass is 10.2. The molecule has 0 spiro atoms. The van der Waals surface area contributed by atoms with Crippen molar-refractivity contribution in [3.8, 4) is 5.75 Å². The Bertz CT molecular complexity index is 972. The largest absolute Gasteiger partial charge is 0.489 e. The lowest BCUT2D eigenvalue weighted by Gasteiger charge is -2.09. The van der Waals surface area contributed by atoms with Gasteiger partial charge in [0, 0.05) is 29.3 Å². The van der Waals surface area contributed by atoms with Crippen LogP contribution in [0.4, 0.5) is 5.69 Å². The van der Waals surface area contributed by atoms with Crippen LogP contribution in [0.25, 0.3) is 10.9 Å². The molecule has 3 nitrogen and oxygen atoms in total. The summed E-state index contributed by atoms with van der Waals surface area (Å²) in [6.45, 7) is 1.41. The molecule has 0 aliphatic heterocycles. The molecule has 0 aliphatic rings. The van der Waals surface area contributed by atoms with Crippen LogP contribution in [-0.4, -0.2) is 4.57 Å². The number of nitrogens with zero attached hydrogens (tertiary/aromatic N) is 1. The minimum atomic E-state index is 0.582. The van der Waals surface area contributed by atoms with E-state index in [4.69, 9.17) is 10.5 Å².